The zero-order valence-corrected chi connectivity index (χ0v) is 6.62. The van der Waals surface area contributed by atoms with Gasteiger partial charge in [-0.25, -0.2) is 0 Å². The number of hydrogen-bond donors (Lipinski definition) is 1. The average molecular weight is 148 g/mol. The molecule has 58 valence electrons. The summed E-state index contributed by atoms with van der Waals surface area (Å²) in [5, 5.41) is 3.43. The number of nitrogens with one attached hydrogen (secondary N) is 1. The molecule has 1 heterocycles. The molecule has 0 spiro atoms. The Hall–Kier alpha value is -1.05. The molecule has 0 bridgehead atoms. The van der Waals surface area contributed by atoms with Crippen LogP contribution < -0.4 is 5.32 Å². The van der Waals surface area contributed by atoms with Crippen LogP contribution in [0.1, 0.15) is 13.3 Å². The minimum Gasteiger partial charge on any atom is -0.382 e. The normalized spacial score (nSPS) is 28.1. The molecule has 0 amide bonds. The van der Waals surface area contributed by atoms with Crippen molar-refractivity contribution >= 4 is 5.69 Å². The molecule has 0 radical (unpaired) electrons. The number of nitrogens with zero attached hydrogens (tertiary/aromatic N) is 1. The van der Waals surface area contributed by atoms with Crippen LogP contribution in [0.5, 0.6) is 0 Å². The summed E-state index contributed by atoms with van der Waals surface area (Å²) in [6, 6.07) is 4.72. The van der Waals surface area contributed by atoms with Crippen molar-refractivity contribution < 1.29 is 0 Å². The van der Waals surface area contributed by atoms with Gasteiger partial charge < -0.3 is 5.32 Å². The summed E-state index contributed by atoms with van der Waals surface area (Å²) < 4.78 is 0. The fraction of sp³-hybridized carbons (Fsp3) is 0.444. The van der Waals surface area contributed by atoms with Gasteiger partial charge in [0, 0.05) is 24.1 Å². The van der Waals surface area contributed by atoms with E-state index in [0.717, 1.165) is 5.92 Å². The fourth-order valence-electron chi connectivity index (χ4n) is 1.19. The van der Waals surface area contributed by atoms with Crippen molar-refractivity contribution in [1.29, 1.82) is 0 Å². The fourth-order valence-corrected chi connectivity index (χ4v) is 1.19. The second kappa shape index (κ2) is 2.53. The van der Waals surface area contributed by atoms with E-state index in [9.17, 15) is 0 Å². The zero-order chi connectivity index (χ0) is 7.68. The van der Waals surface area contributed by atoms with Gasteiger partial charge in [0.2, 0.25) is 0 Å². The summed E-state index contributed by atoms with van der Waals surface area (Å²) in [7, 11) is 0. The standard InChI is InChI=1S/C9H12N2/c1-7-6-9(7)11-8-2-4-10-5-3-8/h2-5,7,9H,6H2,1H3,(H,10,11). The van der Waals surface area contributed by atoms with Gasteiger partial charge in [0.1, 0.15) is 0 Å². The Balaban J connectivity index is 1.97. The Labute approximate surface area is 66.7 Å². The molecule has 2 atom stereocenters. The van der Waals surface area contributed by atoms with Crippen molar-refractivity contribution in [3.63, 3.8) is 0 Å². The van der Waals surface area contributed by atoms with Crippen molar-refractivity contribution in [1.82, 2.24) is 4.98 Å². The summed E-state index contributed by atoms with van der Waals surface area (Å²) in [6.45, 7) is 2.26. The van der Waals surface area contributed by atoms with Gasteiger partial charge in [-0.1, -0.05) is 6.92 Å². The molecule has 1 fully saturated rings. The summed E-state index contributed by atoms with van der Waals surface area (Å²) in [6.07, 6.45) is 4.94. The van der Waals surface area contributed by atoms with E-state index in [1.165, 1.54) is 12.1 Å². The molecule has 0 aromatic carbocycles. The first-order valence-electron chi connectivity index (χ1n) is 4.03. The molecular weight excluding hydrogens is 136 g/mol. The largest absolute Gasteiger partial charge is 0.382 e. The maximum absolute atomic E-state index is 3.95. The summed E-state index contributed by atoms with van der Waals surface area (Å²) >= 11 is 0. The molecule has 1 aliphatic rings. The molecule has 1 N–H and O–H groups in total. The van der Waals surface area contributed by atoms with Crippen LogP contribution >= 0.6 is 0 Å². The molecule has 1 aromatic rings. The van der Waals surface area contributed by atoms with Gasteiger partial charge in [-0.05, 0) is 24.5 Å². The first-order chi connectivity index (χ1) is 5.36. The summed E-state index contributed by atoms with van der Waals surface area (Å²) in [4.78, 5) is 3.95. The molecule has 2 unspecified atom stereocenters. The zero-order valence-electron chi connectivity index (χ0n) is 6.62. The molecule has 0 saturated heterocycles. The second-order valence-corrected chi connectivity index (χ2v) is 3.20. The van der Waals surface area contributed by atoms with Crippen molar-refractivity contribution in [2.75, 3.05) is 5.32 Å². The Morgan fingerprint density at radius 2 is 2.09 bits per heavy atom. The number of rotatable bonds is 2. The quantitative estimate of drug-likeness (QED) is 0.693. The van der Waals surface area contributed by atoms with E-state index in [2.05, 4.69) is 17.2 Å². The molecule has 1 aromatic heterocycles. The van der Waals surface area contributed by atoms with E-state index in [4.69, 9.17) is 0 Å². The SMILES string of the molecule is CC1CC1Nc1ccncc1. The van der Waals surface area contributed by atoms with Gasteiger partial charge in [-0.2, -0.15) is 0 Å². The molecule has 2 nitrogen and oxygen atoms in total. The number of pyridine rings is 1. The Morgan fingerprint density at radius 3 is 2.64 bits per heavy atom. The van der Waals surface area contributed by atoms with E-state index in [1.807, 2.05) is 24.5 Å². The molecule has 11 heavy (non-hydrogen) atoms. The third-order valence-corrected chi connectivity index (χ3v) is 2.14. The van der Waals surface area contributed by atoms with Crippen molar-refractivity contribution in [2.24, 2.45) is 5.92 Å². The molecule has 0 aliphatic heterocycles. The van der Waals surface area contributed by atoms with Gasteiger partial charge >= 0.3 is 0 Å². The third-order valence-electron chi connectivity index (χ3n) is 2.14. The van der Waals surface area contributed by atoms with E-state index in [-0.39, 0.29) is 0 Å². The molecular formula is C9H12N2. The smallest absolute Gasteiger partial charge is 0.0373 e. The van der Waals surface area contributed by atoms with Gasteiger partial charge in [0.15, 0.2) is 0 Å². The van der Waals surface area contributed by atoms with Crippen LogP contribution in [0.3, 0.4) is 0 Å². The minimum absolute atomic E-state index is 0.706. The predicted molar refractivity (Wildman–Crippen MR) is 45.4 cm³/mol. The van der Waals surface area contributed by atoms with Crippen molar-refractivity contribution in [2.45, 2.75) is 19.4 Å². The second-order valence-electron chi connectivity index (χ2n) is 3.20. The Morgan fingerprint density at radius 1 is 1.45 bits per heavy atom. The van der Waals surface area contributed by atoms with Gasteiger partial charge in [0.05, 0.1) is 0 Å². The van der Waals surface area contributed by atoms with E-state index in [1.54, 1.807) is 0 Å². The Kier molecular flexibility index (Phi) is 1.53. The van der Waals surface area contributed by atoms with Crippen LogP contribution in [-0.4, -0.2) is 11.0 Å². The molecule has 1 aliphatic carbocycles. The maximum Gasteiger partial charge on any atom is 0.0373 e. The maximum atomic E-state index is 3.95. The molecule has 2 rings (SSSR count). The van der Waals surface area contributed by atoms with Crippen LogP contribution in [-0.2, 0) is 0 Å². The van der Waals surface area contributed by atoms with Crippen molar-refractivity contribution in [3.05, 3.63) is 24.5 Å². The van der Waals surface area contributed by atoms with Gasteiger partial charge in [-0.15, -0.1) is 0 Å². The van der Waals surface area contributed by atoms with Crippen LogP contribution in [0.25, 0.3) is 0 Å². The lowest BCUT2D eigenvalue weighted by Crippen LogP contribution is -2.02. The highest BCUT2D eigenvalue weighted by Crippen LogP contribution is 2.32. The average Bonchev–Trinajstić information content (AvgIpc) is 2.69. The van der Waals surface area contributed by atoms with Crippen LogP contribution in [0.15, 0.2) is 24.5 Å². The molecule has 2 heteroatoms. The van der Waals surface area contributed by atoms with E-state index < -0.39 is 0 Å². The lowest BCUT2D eigenvalue weighted by Gasteiger charge is -2.02. The topological polar surface area (TPSA) is 24.9 Å². The number of aromatic nitrogens is 1. The summed E-state index contributed by atoms with van der Waals surface area (Å²) in [5.41, 5.74) is 1.19. The highest BCUT2D eigenvalue weighted by atomic mass is 15.0. The molecule has 1 saturated carbocycles. The minimum atomic E-state index is 0.706. The highest BCUT2D eigenvalue weighted by Gasteiger charge is 2.31. The van der Waals surface area contributed by atoms with Crippen LogP contribution in [0, 0.1) is 5.92 Å². The predicted octanol–water partition coefficient (Wildman–Crippen LogP) is 1.90. The first kappa shape index (κ1) is 6.65. The van der Waals surface area contributed by atoms with Crippen molar-refractivity contribution in [3.8, 4) is 0 Å². The summed E-state index contributed by atoms with van der Waals surface area (Å²) in [5.74, 6) is 0.850. The number of anilines is 1. The first-order valence-corrected chi connectivity index (χ1v) is 4.03. The third kappa shape index (κ3) is 1.50. The lowest BCUT2D eigenvalue weighted by molar-refractivity contribution is 0.929. The monoisotopic (exact) mass is 148 g/mol. The number of hydrogen-bond acceptors (Lipinski definition) is 2. The van der Waals surface area contributed by atoms with Gasteiger partial charge in [-0.3, -0.25) is 4.98 Å². The van der Waals surface area contributed by atoms with E-state index in [0.29, 0.717) is 6.04 Å². The van der Waals surface area contributed by atoms with Gasteiger partial charge in [0.25, 0.3) is 0 Å². The van der Waals surface area contributed by atoms with Crippen LogP contribution in [0.2, 0.25) is 0 Å². The highest BCUT2D eigenvalue weighted by molar-refractivity contribution is 5.43. The Bertz CT molecular complexity index is 233. The van der Waals surface area contributed by atoms with Crippen LogP contribution in [0.4, 0.5) is 5.69 Å². The lowest BCUT2D eigenvalue weighted by atomic mass is 10.4. The van der Waals surface area contributed by atoms with E-state index >= 15 is 0 Å².